The number of rotatable bonds is 7. The Morgan fingerprint density at radius 1 is 1.16 bits per heavy atom. The zero-order valence-electron chi connectivity index (χ0n) is 21.2. The van der Waals surface area contributed by atoms with E-state index in [4.69, 9.17) is 5.73 Å². The van der Waals surface area contributed by atoms with Crippen molar-refractivity contribution in [3.8, 4) is 6.07 Å². The van der Waals surface area contributed by atoms with Crippen molar-refractivity contribution in [1.82, 2.24) is 15.1 Å². The highest BCUT2D eigenvalue weighted by atomic mass is 19.4. The first-order chi connectivity index (χ1) is 17.6. The Kier molecular flexibility index (Phi) is 8.80. The molecule has 0 spiro atoms. The first-order valence-electron chi connectivity index (χ1n) is 12.3. The minimum Gasteiger partial charge on any atom is -0.322 e. The lowest BCUT2D eigenvalue weighted by Crippen LogP contribution is -2.54. The lowest BCUT2D eigenvalue weighted by atomic mass is 9.99. The molecule has 1 aromatic rings. The SMILES string of the molecule is CC(NC1CC(C=O)N(CC(N)C(=O)N2C(C#N)CC(C)C2C)C1)c1cc(C(F)(F)F)cc(C(F)(F)F)c1. The van der Waals surface area contributed by atoms with Crippen molar-refractivity contribution in [1.29, 1.82) is 5.26 Å². The summed E-state index contributed by atoms with van der Waals surface area (Å²) >= 11 is 0. The molecule has 3 N–H and O–H groups in total. The van der Waals surface area contributed by atoms with Gasteiger partial charge in [-0.2, -0.15) is 31.6 Å². The number of alkyl halides is 6. The van der Waals surface area contributed by atoms with Crippen LogP contribution in [0.5, 0.6) is 0 Å². The molecule has 0 bridgehead atoms. The monoisotopic (exact) mass is 547 g/mol. The third-order valence-electron chi connectivity index (χ3n) is 7.55. The van der Waals surface area contributed by atoms with E-state index >= 15 is 0 Å². The molecule has 0 radical (unpaired) electrons. The van der Waals surface area contributed by atoms with Crippen LogP contribution in [0.3, 0.4) is 0 Å². The smallest absolute Gasteiger partial charge is 0.322 e. The third kappa shape index (κ3) is 6.47. The second-order valence-corrected chi connectivity index (χ2v) is 10.3. The predicted molar refractivity (Wildman–Crippen MR) is 125 cm³/mol. The van der Waals surface area contributed by atoms with Gasteiger partial charge in [0.15, 0.2) is 0 Å². The molecular formula is C25H31F6N5O2. The van der Waals surface area contributed by atoms with Gasteiger partial charge in [-0.3, -0.25) is 9.69 Å². The van der Waals surface area contributed by atoms with Crippen molar-refractivity contribution in [2.45, 2.75) is 82.2 Å². The summed E-state index contributed by atoms with van der Waals surface area (Å²) < 4.78 is 79.5. The topological polar surface area (TPSA) is 102 Å². The van der Waals surface area contributed by atoms with Crippen molar-refractivity contribution in [3.63, 3.8) is 0 Å². The number of benzene rings is 1. The molecule has 1 aromatic carbocycles. The largest absolute Gasteiger partial charge is 0.416 e. The number of likely N-dealkylation sites (tertiary alicyclic amines) is 2. The molecule has 7 atom stereocenters. The number of carbonyl (C=O) groups is 2. The Labute approximate surface area is 216 Å². The van der Waals surface area contributed by atoms with Crippen LogP contribution in [0.1, 0.15) is 56.3 Å². The van der Waals surface area contributed by atoms with Gasteiger partial charge < -0.3 is 20.7 Å². The van der Waals surface area contributed by atoms with Gasteiger partial charge in [0.2, 0.25) is 5.91 Å². The van der Waals surface area contributed by atoms with Gasteiger partial charge in [0.25, 0.3) is 0 Å². The van der Waals surface area contributed by atoms with Gasteiger partial charge in [0.05, 0.1) is 29.3 Å². The summed E-state index contributed by atoms with van der Waals surface area (Å²) in [6, 6.07) is -0.233. The number of nitrogens with zero attached hydrogens (tertiary/aromatic N) is 3. The molecule has 2 aliphatic heterocycles. The molecule has 2 heterocycles. The Morgan fingerprint density at radius 3 is 2.24 bits per heavy atom. The van der Waals surface area contributed by atoms with Gasteiger partial charge in [-0.1, -0.05) is 6.92 Å². The molecule has 3 rings (SSSR count). The minimum absolute atomic E-state index is 0.00628. The highest BCUT2D eigenvalue weighted by Gasteiger charge is 2.43. The maximum atomic E-state index is 13.2. The summed E-state index contributed by atoms with van der Waals surface area (Å²) in [5.74, 6) is -0.291. The van der Waals surface area contributed by atoms with E-state index in [0.717, 1.165) is 0 Å². The number of nitrogens with two attached hydrogens (primary N) is 1. The van der Waals surface area contributed by atoms with Crippen LogP contribution in [0.25, 0.3) is 0 Å². The zero-order chi connectivity index (χ0) is 28.6. The molecule has 2 fully saturated rings. The third-order valence-corrected chi connectivity index (χ3v) is 7.55. The number of hydrogen-bond acceptors (Lipinski definition) is 6. The van der Waals surface area contributed by atoms with Gasteiger partial charge in [0, 0.05) is 31.2 Å². The summed E-state index contributed by atoms with van der Waals surface area (Å²) in [5.41, 5.74) is 3.18. The molecule has 0 aromatic heterocycles. The Morgan fingerprint density at radius 2 is 1.74 bits per heavy atom. The number of nitrogens with one attached hydrogen (secondary N) is 1. The number of hydrogen-bond donors (Lipinski definition) is 2. The van der Waals surface area contributed by atoms with Gasteiger partial charge >= 0.3 is 12.4 Å². The minimum atomic E-state index is -4.96. The predicted octanol–water partition coefficient (Wildman–Crippen LogP) is 3.49. The van der Waals surface area contributed by atoms with E-state index in [2.05, 4.69) is 11.4 Å². The maximum absolute atomic E-state index is 13.2. The highest BCUT2D eigenvalue weighted by molar-refractivity contribution is 5.83. The van der Waals surface area contributed by atoms with Crippen molar-refractivity contribution in [2.75, 3.05) is 13.1 Å². The zero-order valence-corrected chi connectivity index (χ0v) is 21.2. The summed E-state index contributed by atoms with van der Waals surface area (Å²) in [4.78, 5) is 27.9. The van der Waals surface area contributed by atoms with E-state index in [9.17, 15) is 41.2 Å². The van der Waals surface area contributed by atoms with Crippen molar-refractivity contribution >= 4 is 12.2 Å². The Balaban J connectivity index is 1.71. The fraction of sp³-hybridized carbons (Fsp3) is 0.640. The number of aldehydes is 1. The fourth-order valence-electron chi connectivity index (χ4n) is 5.30. The van der Waals surface area contributed by atoms with Crippen LogP contribution in [-0.4, -0.2) is 65.3 Å². The van der Waals surface area contributed by atoms with E-state index in [1.165, 1.54) is 11.8 Å². The lowest BCUT2D eigenvalue weighted by Gasteiger charge is -2.31. The molecule has 0 aliphatic carbocycles. The van der Waals surface area contributed by atoms with Crippen LogP contribution in [0.4, 0.5) is 26.3 Å². The first kappa shape index (κ1) is 29.9. The van der Waals surface area contributed by atoms with E-state index in [-0.39, 0.29) is 43.1 Å². The number of carbonyl (C=O) groups excluding carboxylic acids is 2. The summed E-state index contributed by atoms with van der Waals surface area (Å²) in [6.07, 6.45) is -8.47. The Hall–Kier alpha value is -2.69. The summed E-state index contributed by atoms with van der Waals surface area (Å²) in [7, 11) is 0. The van der Waals surface area contributed by atoms with Gasteiger partial charge in [0.1, 0.15) is 12.3 Å². The standard InChI is InChI=1S/C25H31F6N5O2/c1-13-4-20(9-32)36(15(13)3)23(38)22(33)11-35-10-19(8-21(35)12-37)34-14(2)16-5-17(24(26,27)28)7-18(6-16)25(29,30)31/h5-7,12-15,19-22,34H,4,8,10-11,33H2,1-3H3. The molecule has 210 valence electrons. The first-order valence-corrected chi connectivity index (χ1v) is 12.3. The average Bonchev–Trinajstić information content (AvgIpc) is 3.35. The molecule has 2 aliphatic rings. The highest BCUT2D eigenvalue weighted by Crippen LogP contribution is 2.38. The van der Waals surface area contributed by atoms with E-state index in [1.54, 1.807) is 4.90 Å². The molecule has 38 heavy (non-hydrogen) atoms. The normalized spacial score (nSPS) is 28.2. The maximum Gasteiger partial charge on any atom is 0.416 e. The average molecular weight is 548 g/mol. The second-order valence-electron chi connectivity index (χ2n) is 10.3. The lowest BCUT2D eigenvalue weighted by molar-refractivity contribution is -0.143. The van der Waals surface area contributed by atoms with Gasteiger partial charge in [-0.15, -0.1) is 0 Å². The Bertz CT molecular complexity index is 1040. The number of halogens is 6. The van der Waals surface area contributed by atoms with Crippen LogP contribution in [-0.2, 0) is 21.9 Å². The molecular weight excluding hydrogens is 516 g/mol. The van der Waals surface area contributed by atoms with E-state index in [1.807, 2.05) is 13.8 Å². The van der Waals surface area contributed by atoms with Gasteiger partial charge in [-0.05, 0) is 56.4 Å². The van der Waals surface area contributed by atoms with Crippen molar-refractivity contribution in [2.24, 2.45) is 11.7 Å². The molecule has 1 amide bonds. The quantitative estimate of drug-likeness (QED) is 0.400. The molecule has 2 saturated heterocycles. The molecule has 13 heteroatoms. The molecule has 7 nitrogen and oxygen atoms in total. The van der Waals surface area contributed by atoms with Crippen LogP contribution in [0.15, 0.2) is 18.2 Å². The molecule has 7 unspecified atom stereocenters. The van der Waals surface area contributed by atoms with Crippen LogP contribution < -0.4 is 11.1 Å². The fourth-order valence-corrected chi connectivity index (χ4v) is 5.30. The van der Waals surface area contributed by atoms with Crippen LogP contribution in [0, 0.1) is 17.2 Å². The van der Waals surface area contributed by atoms with Crippen molar-refractivity contribution < 1.29 is 35.9 Å². The summed E-state index contributed by atoms with van der Waals surface area (Å²) in [5, 5.41) is 12.4. The number of amides is 1. The van der Waals surface area contributed by atoms with Crippen LogP contribution in [0.2, 0.25) is 0 Å². The summed E-state index contributed by atoms with van der Waals surface area (Å²) in [6.45, 7) is 5.44. The number of nitriles is 1. The second kappa shape index (κ2) is 11.2. The molecule has 0 saturated carbocycles. The van der Waals surface area contributed by atoms with Crippen LogP contribution >= 0.6 is 0 Å². The van der Waals surface area contributed by atoms with E-state index < -0.39 is 59.6 Å². The van der Waals surface area contributed by atoms with Gasteiger partial charge in [-0.25, -0.2) is 0 Å². The van der Waals surface area contributed by atoms with E-state index in [0.29, 0.717) is 24.8 Å². The van der Waals surface area contributed by atoms with Crippen molar-refractivity contribution in [3.05, 3.63) is 34.9 Å².